The molecular weight excluding hydrogens is 366 g/mol. The zero-order valence-corrected chi connectivity index (χ0v) is 14.3. The number of H-pyrrole nitrogens is 1. The number of nitrogens with one attached hydrogen (secondary N) is 2. The summed E-state index contributed by atoms with van der Waals surface area (Å²) in [6.07, 6.45) is -3.00. The maximum absolute atomic E-state index is 14.3. The molecule has 6 nitrogen and oxygen atoms in total. The third-order valence-electron chi connectivity index (χ3n) is 4.34. The predicted octanol–water partition coefficient (Wildman–Crippen LogP) is 3.08. The van der Waals surface area contributed by atoms with E-state index in [1.54, 1.807) is 19.2 Å². The number of halogens is 4. The Kier molecular flexibility index (Phi) is 4.81. The Bertz CT molecular complexity index is 876. The van der Waals surface area contributed by atoms with Crippen LogP contribution < -0.4 is 11.1 Å². The van der Waals surface area contributed by atoms with Gasteiger partial charge in [-0.15, -0.1) is 0 Å². The van der Waals surface area contributed by atoms with E-state index in [1.807, 2.05) is 0 Å². The Balaban J connectivity index is 1.85. The maximum atomic E-state index is 14.3. The Morgan fingerprint density at radius 3 is 2.74 bits per heavy atom. The molecular formula is C17H17F4N5O. The van der Waals surface area contributed by atoms with Crippen molar-refractivity contribution in [2.75, 3.05) is 11.9 Å². The SMILES string of the molecule is CC1CC(Nc2ccn[nH]2)=C(N)CN1C(=O)c1cccc(C(F)(F)F)c1F. The molecule has 0 radical (unpaired) electrons. The molecule has 1 amide bonds. The van der Waals surface area contributed by atoms with Crippen LogP contribution >= 0.6 is 0 Å². The van der Waals surface area contributed by atoms with Gasteiger partial charge in [-0.05, 0) is 19.1 Å². The summed E-state index contributed by atoms with van der Waals surface area (Å²) in [7, 11) is 0. The number of anilines is 1. The third-order valence-corrected chi connectivity index (χ3v) is 4.34. The van der Waals surface area contributed by atoms with E-state index in [1.165, 1.54) is 4.90 Å². The molecule has 0 saturated carbocycles. The van der Waals surface area contributed by atoms with Gasteiger partial charge in [-0.3, -0.25) is 9.89 Å². The van der Waals surface area contributed by atoms with E-state index < -0.39 is 35.1 Å². The summed E-state index contributed by atoms with van der Waals surface area (Å²) < 4.78 is 53.0. The number of alkyl halides is 3. The first-order valence-corrected chi connectivity index (χ1v) is 8.09. The normalized spacial score (nSPS) is 18.0. The fraction of sp³-hybridized carbons (Fsp3) is 0.294. The number of benzene rings is 1. The van der Waals surface area contributed by atoms with E-state index in [-0.39, 0.29) is 6.54 Å². The number of aromatic amines is 1. The van der Waals surface area contributed by atoms with Crippen LogP contribution in [0.5, 0.6) is 0 Å². The molecule has 1 aromatic heterocycles. The Morgan fingerprint density at radius 2 is 2.11 bits per heavy atom. The summed E-state index contributed by atoms with van der Waals surface area (Å²) in [5.74, 6) is -1.80. The van der Waals surface area contributed by atoms with Crippen LogP contribution in [-0.4, -0.2) is 33.6 Å². The van der Waals surface area contributed by atoms with Crippen molar-refractivity contribution in [1.82, 2.24) is 15.1 Å². The van der Waals surface area contributed by atoms with Crippen LogP contribution in [0.15, 0.2) is 41.9 Å². The van der Waals surface area contributed by atoms with Crippen molar-refractivity contribution in [2.24, 2.45) is 5.73 Å². The van der Waals surface area contributed by atoms with Crippen LogP contribution in [0.4, 0.5) is 23.4 Å². The van der Waals surface area contributed by atoms with E-state index in [0.29, 0.717) is 29.7 Å². The maximum Gasteiger partial charge on any atom is 0.419 e. The second-order valence-electron chi connectivity index (χ2n) is 6.25. The average molecular weight is 383 g/mol. The van der Waals surface area contributed by atoms with Gasteiger partial charge in [0.25, 0.3) is 5.91 Å². The lowest BCUT2D eigenvalue weighted by Crippen LogP contribution is -2.46. The lowest BCUT2D eigenvalue weighted by atomic mass is 10.0. The van der Waals surface area contributed by atoms with Gasteiger partial charge in [-0.2, -0.15) is 18.3 Å². The molecule has 0 spiro atoms. The summed E-state index contributed by atoms with van der Waals surface area (Å²) >= 11 is 0. The fourth-order valence-electron chi connectivity index (χ4n) is 2.93. The van der Waals surface area contributed by atoms with E-state index in [4.69, 9.17) is 5.73 Å². The number of carbonyl (C=O) groups is 1. The molecule has 0 aliphatic carbocycles. The molecule has 144 valence electrons. The minimum atomic E-state index is -4.88. The molecule has 4 N–H and O–H groups in total. The molecule has 1 atom stereocenters. The highest BCUT2D eigenvalue weighted by atomic mass is 19.4. The highest BCUT2D eigenvalue weighted by Gasteiger charge is 2.37. The number of amides is 1. The van der Waals surface area contributed by atoms with Crippen molar-refractivity contribution in [1.29, 1.82) is 0 Å². The zero-order valence-electron chi connectivity index (χ0n) is 14.3. The van der Waals surface area contributed by atoms with Crippen LogP contribution in [0.1, 0.15) is 29.3 Å². The number of hydrogen-bond donors (Lipinski definition) is 3. The number of rotatable bonds is 3. The second kappa shape index (κ2) is 6.93. The number of aromatic nitrogens is 2. The largest absolute Gasteiger partial charge is 0.419 e. The van der Waals surface area contributed by atoms with Gasteiger partial charge >= 0.3 is 6.18 Å². The lowest BCUT2D eigenvalue weighted by molar-refractivity contribution is -0.140. The molecule has 2 heterocycles. The van der Waals surface area contributed by atoms with Gasteiger partial charge in [-0.25, -0.2) is 4.39 Å². The molecule has 0 bridgehead atoms. The summed E-state index contributed by atoms with van der Waals surface area (Å²) in [6, 6.07) is 3.95. The molecule has 1 aromatic carbocycles. The van der Waals surface area contributed by atoms with Crippen LogP contribution in [0, 0.1) is 5.82 Å². The first-order valence-electron chi connectivity index (χ1n) is 8.09. The summed E-state index contributed by atoms with van der Waals surface area (Å²) in [5.41, 5.74) is 4.92. The summed E-state index contributed by atoms with van der Waals surface area (Å²) in [5, 5.41) is 9.58. The van der Waals surface area contributed by atoms with Gasteiger partial charge < -0.3 is 16.0 Å². The predicted molar refractivity (Wildman–Crippen MR) is 89.9 cm³/mol. The van der Waals surface area contributed by atoms with Gasteiger partial charge in [0.05, 0.1) is 23.9 Å². The number of hydrogen-bond acceptors (Lipinski definition) is 4. The lowest BCUT2D eigenvalue weighted by Gasteiger charge is -2.35. The van der Waals surface area contributed by atoms with Gasteiger partial charge in [-0.1, -0.05) is 6.07 Å². The fourth-order valence-corrected chi connectivity index (χ4v) is 2.93. The quantitative estimate of drug-likeness (QED) is 0.711. The molecule has 0 fully saturated rings. The van der Waals surface area contributed by atoms with Crippen molar-refractivity contribution in [3.8, 4) is 0 Å². The van der Waals surface area contributed by atoms with Crippen molar-refractivity contribution < 1.29 is 22.4 Å². The summed E-state index contributed by atoms with van der Waals surface area (Å²) in [4.78, 5) is 13.9. The number of carbonyl (C=O) groups excluding carboxylic acids is 1. The Hall–Kier alpha value is -3.04. The second-order valence-corrected chi connectivity index (χ2v) is 6.25. The first-order chi connectivity index (χ1) is 12.7. The molecule has 0 saturated heterocycles. The monoisotopic (exact) mass is 383 g/mol. The van der Waals surface area contributed by atoms with Gasteiger partial charge in [0.1, 0.15) is 11.6 Å². The zero-order chi connectivity index (χ0) is 19.8. The molecule has 2 aromatic rings. The van der Waals surface area contributed by atoms with Gasteiger partial charge in [0, 0.05) is 29.9 Å². The van der Waals surface area contributed by atoms with E-state index in [2.05, 4.69) is 15.5 Å². The molecule has 1 unspecified atom stereocenters. The topological polar surface area (TPSA) is 87.0 Å². The van der Waals surface area contributed by atoms with Gasteiger partial charge in [0.2, 0.25) is 0 Å². The van der Waals surface area contributed by atoms with Gasteiger partial charge in [0.15, 0.2) is 0 Å². The molecule has 3 rings (SSSR count). The standard InChI is InChI=1S/C17H17F4N5O/c1-9-7-13(24-14-5-6-23-25-14)12(22)8-26(9)16(27)10-3-2-4-11(15(10)18)17(19,20)21/h2-6,9H,7-8,22H2,1H3,(H2,23,24,25). The first kappa shape index (κ1) is 18.7. The van der Waals surface area contributed by atoms with Crippen LogP contribution in [0.3, 0.4) is 0 Å². The molecule has 1 aliphatic rings. The highest BCUT2D eigenvalue weighted by molar-refractivity contribution is 5.95. The van der Waals surface area contributed by atoms with Crippen LogP contribution in [-0.2, 0) is 6.18 Å². The Morgan fingerprint density at radius 1 is 1.37 bits per heavy atom. The smallest absolute Gasteiger partial charge is 0.399 e. The van der Waals surface area contributed by atoms with E-state index in [0.717, 1.165) is 12.1 Å². The minimum absolute atomic E-state index is 0.0356. The minimum Gasteiger partial charge on any atom is -0.399 e. The third kappa shape index (κ3) is 3.74. The van der Waals surface area contributed by atoms with Crippen LogP contribution in [0.25, 0.3) is 0 Å². The van der Waals surface area contributed by atoms with Crippen LogP contribution in [0.2, 0.25) is 0 Å². The van der Waals surface area contributed by atoms with Crippen molar-refractivity contribution in [3.63, 3.8) is 0 Å². The number of nitrogens with two attached hydrogens (primary N) is 1. The molecule has 1 aliphatic heterocycles. The molecule has 10 heteroatoms. The summed E-state index contributed by atoms with van der Waals surface area (Å²) in [6.45, 7) is 1.68. The number of nitrogens with zero attached hydrogens (tertiary/aromatic N) is 2. The average Bonchev–Trinajstić information content (AvgIpc) is 3.09. The Labute approximate surface area is 152 Å². The van der Waals surface area contributed by atoms with Crippen molar-refractivity contribution in [3.05, 3.63) is 58.8 Å². The van der Waals surface area contributed by atoms with E-state index >= 15 is 0 Å². The van der Waals surface area contributed by atoms with E-state index in [9.17, 15) is 22.4 Å². The van der Waals surface area contributed by atoms with Crippen molar-refractivity contribution in [2.45, 2.75) is 25.6 Å². The highest BCUT2D eigenvalue weighted by Crippen LogP contribution is 2.33. The van der Waals surface area contributed by atoms with Crippen molar-refractivity contribution >= 4 is 11.7 Å². The molecule has 27 heavy (non-hydrogen) atoms.